The first kappa shape index (κ1) is 23.5. The Labute approximate surface area is 187 Å². The molecule has 3 heteroatoms. The maximum absolute atomic E-state index is 4.11. The van der Waals surface area contributed by atoms with Crippen LogP contribution in [0.2, 0.25) is 6.32 Å². The average Bonchev–Trinajstić information content (AvgIpc) is 2.62. The summed E-state index contributed by atoms with van der Waals surface area (Å²) in [5, 5.41) is 8.02. The molecule has 2 nitrogen and oxygen atoms in total. The van der Waals surface area contributed by atoms with E-state index in [1.165, 1.54) is 93.8 Å². The third-order valence-corrected chi connectivity index (χ3v) is 8.18. The van der Waals surface area contributed by atoms with Crippen LogP contribution < -0.4 is 16.1 Å². The first-order chi connectivity index (χ1) is 14.3. The number of unbranched alkanes of at least 4 members (excludes halogenated alkanes) is 1. The van der Waals surface area contributed by atoms with Gasteiger partial charge >= 0.3 is 0 Å². The molecule has 2 bridgehead atoms. The molecular formula is C27H47BN2. The SMILES string of the molecule is CCCCC1Nc2cc(C)cc(c2BCC(C)C2CCC2)NC(C)CCCC1(C)C. The summed E-state index contributed by atoms with van der Waals surface area (Å²) in [4.78, 5) is 0. The molecule has 0 saturated heterocycles. The van der Waals surface area contributed by atoms with E-state index in [-0.39, 0.29) is 0 Å². The zero-order valence-corrected chi connectivity index (χ0v) is 20.7. The molecule has 0 radical (unpaired) electrons. The molecule has 0 spiro atoms. The van der Waals surface area contributed by atoms with Crippen LogP contribution in [0.1, 0.15) is 98.0 Å². The van der Waals surface area contributed by atoms with Gasteiger partial charge in [0, 0.05) is 23.5 Å². The van der Waals surface area contributed by atoms with E-state index in [1.54, 1.807) is 0 Å². The van der Waals surface area contributed by atoms with Crippen LogP contribution in [-0.4, -0.2) is 19.4 Å². The smallest absolute Gasteiger partial charge is 0.163 e. The Morgan fingerprint density at radius 3 is 2.43 bits per heavy atom. The topological polar surface area (TPSA) is 24.1 Å². The summed E-state index contributed by atoms with van der Waals surface area (Å²) in [6.45, 7) is 14.4. The van der Waals surface area contributed by atoms with Gasteiger partial charge in [0.1, 0.15) is 0 Å². The van der Waals surface area contributed by atoms with Gasteiger partial charge in [0.15, 0.2) is 7.28 Å². The van der Waals surface area contributed by atoms with Crippen molar-refractivity contribution in [1.29, 1.82) is 0 Å². The van der Waals surface area contributed by atoms with Crippen molar-refractivity contribution in [2.75, 3.05) is 10.6 Å². The Hall–Kier alpha value is -1.12. The summed E-state index contributed by atoms with van der Waals surface area (Å²) in [6.07, 6.45) is 13.4. The lowest BCUT2D eigenvalue weighted by Crippen LogP contribution is -2.38. The Kier molecular flexibility index (Phi) is 8.21. The van der Waals surface area contributed by atoms with Crippen molar-refractivity contribution in [3.05, 3.63) is 17.7 Å². The van der Waals surface area contributed by atoms with Crippen molar-refractivity contribution < 1.29 is 0 Å². The van der Waals surface area contributed by atoms with E-state index < -0.39 is 0 Å². The molecule has 3 unspecified atom stereocenters. The number of rotatable bonds is 7. The fourth-order valence-electron chi connectivity index (χ4n) is 5.59. The third-order valence-electron chi connectivity index (χ3n) is 8.18. The summed E-state index contributed by atoms with van der Waals surface area (Å²) in [5.74, 6) is 1.82. The zero-order valence-electron chi connectivity index (χ0n) is 20.7. The van der Waals surface area contributed by atoms with Crippen LogP contribution in [-0.2, 0) is 0 Å². The maximum Gasteiger partial charge on any atom is 0.163 e. The zero-order chi connectivity index (χ0) is 21.7. The number of nitrogens with one attached hydrogen (secondary N) is 2. The van der Waals surface area contributed by atoms with Crippen LogP contribution in [0, 0.1) is 24.2 Å². The second-order valence-electron chi connectivity index (χ2n) is 11.3. The highest BCUT2D eigenvalue weighted by molar-refractivity contribution is 6.57. The molecule has 1 aromatic rings. The predicted octanol–water partition coefficient (Wildman–Crippen LogP) is 6.89. The largest absolute Gasteiger partial charge is 0.383 e. The molecule has 1 fully saturated rings. The lowest BCUT2D eigenvalue weighted by Gasteiger charge is -2.37. The van der Waals surface area contributed by atoms with Gasteiger partial charge in [0.25, 0.3) is 0 Å². The van der Waals surface area contributed by atoms with Gasteiger partial charge in [0.05, 0.1) is 0 Å². The molecule has 2 aliphatic rings. The third kappa shape index (κ3) is 5.98. The van der Waals surface area contributed by atoms with E-state index in [0.717, 1.165) is 11.8 Å². The van der Waals surface area contributed by atoms with E-state index >= 15 is 0 Å². The number of anilines is 2. The normalized spacial score (nSPS) is 25.3. The van der Waals surface area contributed by atoms with Crippen molar-refractivity contribution in [3.63, 3.8) is 0 Å². The molecule has 1 aliphatic carbocycles. The molecule has 3 rings (SSSR count). The number of hydrogen-bond donors (Lipinski definition) is 2. The molecule has 1 heterocycles. The lowest BCUT2D eigenvalue weighted by molar-refractivity contribution is 0.235. The van der Waals surface area contributed by atoms with E-state index in [1.807, 2.05) is 0 Å². The van der Waals surface area contributed by atoms with Crippen LogP contribution in [0.25, 0.3) is 0 Å². The fourth-order valence-corrected chi connectivity index (χ4v) is 5.59. The molecule has 0 aromatic heterocycles. The molecule has 1 aliphatic heterocycles. The minimum atomic E-state index is 0.319. The van der Waals surface area contributed by atoms with Gasteiger partial charge < -0.3 is 10.6 Å². The second kappa shape index (κ2) is 10.5. The van der Waals surface area contributed by atoms with Crippen molar-refractivity contribution >= 4 is 24.1 Å². The predicted molar refractivity (Wildman–Crippen MR) is 137 cm³/mol. The van der Waals surface area contributed by atoms with Gasteiger partial charge in [-0.2, -0.15) is 0 Å². The van der Waals surface area contributed by atoms with Gasteiger partial charge in [-0.05, 0) is 73.5 Å². The molecule has 2 N–H and O–H groups in total. The summed E-state index contributed by atoms with van der Waals surface area (Å²) in [7, 11) is 1.19. The van der Waals surface area contributed by atoms with Crippen molar-refractivity contribution in [2.45, 2.75) is 118 Å². The van der Waals surface area contributed by atoms with Gasteiger partial charge in [-0.3, -0.25) is 0 Å². The quantitative estimate of drug-likeness (QED) is 0.478. The number of fused-ring (bicyclic) bond motifs is 2. The first-order valence-corrected chi connectivity index (χ1v) is 13.0. The monoisotopic (exact) mass is 410 g/mol. The minimum Gasteiger partial charge on any atom is -0.383 e. The molecule has 1 aromatic carbocycles. The number of hydrogen-bond acceptors (Lipinski definition) is 2. The lowest BCUT2D eigenvalue weighted by atomic mass is 9.58. The molecule has 168 valence electrons. The fraction of sp³-hybridized carbons (Fsp3) is 0.778. The Balaban J connectivity index is 1.92. The van der Waals surface area contributed by atoms with E-state index in [4.69, 9.17) is 0 Å². The van der Waals surface area contributed by atoms with Crippen LogP contribution >= 0.6 is 0 Å². The van der Waals surface area contributed by atoms with Crippen LogP contribution in [0.15, 0.2) is 12.1 Å². The molecule has 0 amide bonds. The summed E-state index contributed by atoms with van der Waals surface area (Å²) in [5.41, 5.74) is 6.02. The summed E-state index contributed by atoms with van der Waals surface area (Å²) >= 11 is 0. The Morgan fingerprint density at radius 2 is 1.80 bits per heavy atom. The van der Waals surface area contributed by atoms with E-state index in [9.17, 15) is 0 Å². The molecule has 3 atom stereocenters. The molecular weight excluding hydrogens is 363 g/mol. The minimum absolute atomic E-state index is 0.319. The Bertz CT molecular complexity index is 680. The van der Waals surface area contributed by atoms with Crippen molar-refractivity contribution in [1.82, 2.24) is 0 Å². The van der Waals surface area contributed by atoms with Gasteiger partial charge in [-0.25, -0.2) is 0 Å². The molecule has 30 heavy (non-hydrogen) atoms. The van der Waals surface area contributed by atoms with Gasteiger partial charge in [-0.1, -0.05) is 72.5 Å². The van der Waals surface area contributed by atoms with Crippen LogP contribution in [0.5, 0.6) is 0 Å². The first-order valence-electron chi connectivity index (χ1n) is 13.0. The molecule has 1 saturated carbocycles. The summed E-state index contributed by atoms with van der Waals surface area (Å²) < 4.78 is 0. The van der Waals surface area contributed by atoms with Crippen molar-refractivity contribution in [3.8, 4) is 0 Å². The highest BCUT2D eigenvalue weighted by Crippen LogP contribution is 2.36. The second-order valence-corrected chi connectivity index (χ2v) is 11.3. The highest BCUT2D eigenvalue weighted by atomic mass is 15.0. The Morgan fingerprint density at radius 1 is 1.10 bits per heavy atom. The number of benzene rings is 1. The standard InChI is InChI=1S/C27H47BN2/c1-7-8-14-25-27(5,6)15-10-11-21(4)29-23-16-19(2)17-24(30-25)26(23)28-18-20(3)22-12-9-13-22/h16-17,20-22,25,28-30H,7-15,18H2,1-6H3. The van der Waals surface area contributed by atoms with Gasteiger partial charge in [0.2, 0.25) is 0 Å². The number of aryl methyl sites for hydroxylation is 1. The van der Waals surface area contributed by atoms with Crippen LogP contribution in [0.3, 0.4) is 0 Å². The average molecular weight is 410 g/mol. The summed E-state index contributed by atoms with van der Waals surface area (Å²) in [6, 6.07) is 5.90. The van der Waals surface area contributed by atoms with E-state index in [0.29, 0.717) is 17.5 Å². The van der Waals surface area contributed by atoms with Gasteiger partial charge in [-0.15, -0.1) is 0 Å². The van der Waals surface area contributed by atoms with E-state index in [2.05, 4.69) is 64.3 Å². The highest BCUT2D eigenvalue weighted by Gasteiger charge is 2.31. The maximum atomic E-state index is 4.11. The van der Waals surface area contributed by atoms with Crippen molar-refractivity contribution in [2.24, 2.45) is 17.3 Å². The van der Waals surface area contributed by atoms with Crippen LogP contribution in [0.4, 0.5) is 11.4 Å².